The fourth-order valence-electron chi connectivity index (χ4n) is 2.24. The average molecular weight is 202 g/mol. The second kappa shape index (κ2) is 2.82. The Morgan fingerprint density at radius 3 is 3.13 bits per heavy atom. The fourth-order valence-corrected chi connectivity index (χ4v) is 2.24. The van der Waals surface area contributed by atoms with Gasteiger partial charge in [0.1, 0.15) is 5.70 Å². The van der Waals surface area contributed by atoms with Crippen LogP contribution in [0.15, 0.2) is 35.6 Å². The van der Waals surface area contributed by atoms with Crippen LogP contribution >= 0.6 is 0 Å². The number of nitrogens with zero attached hydrogens (tertiary/aromatic N) is 1. The highest BCUT2D eigenvalue weighted by Gasteiger charge is 2.40. The Labute approximate surface area is 86.9 Å². The molecule has 1 aliphatic carbocycles. The van der Waals surface area contributed by atoms with Crippen molar-refractivity contribution in [3.8, 4) is 0 Å². The molecule has 4 nitrogen and oxygen atoms in total. The van der Waals surface area contributed by atoms with E-state index in [0.29, 0.717) is 5.70 Å². The standard InChI is InChI=1S/C11H10N2O2/c14-10-6-12-11(15)9-5-7-3-1-2-4-8(7)13(9)10/h1-3,5,8H,4,6H2,(H,12,15). The van der Waals surface area contributed by atoms with Crippen LogP contribution in [0.2, 0.25) is 0 Å². The molecule has 3 aliphatic rings. The van der Waals surface area contributed by atoms with Gasteiger partial charge in [-0.2, -0.15) is 0 Å². The van der Waals surface area contributed by atoms with Gasteiger partial charge in [-0.05, 0) is 18.1 Å². The quantitative estimate of drug-likeness (QED) is 0.605. The third kappa shape index (κ3) is 1.08. The number of piperazine rings is 1. The highest BCUT2D eigenvalue weighted by Crippen LogP contribution is 2.32. The van der Waals surface area contributed by atoms with Crippen LogP contribution in [0.5, 0.6) is 0 Å². The molecule has 0 aromatic carbocycles. The molecule has 3 rings (SSSR count). The van der Waals surface area contributed by atoms with Crippen molar-refractivity contribution in [1.29, 1.82) is 0 Å². The summed E-state index contributed by atoms with van der Waals surface area (Å²) in [5, 5.41) is 2.57. The van der Waals surface area contributed by atoms with Crippen molar-refractivity contribution in [2.75, 3.05) is 6.54 Å². The van der Waals surface area contributed by atoms with E-state index in [9.17, 15) is 9.59 Å². The zero-order valence-corrected chi connectivity index (χ0v) is 8.06. The van der Waals surface area contributed by atoms with E-state index < -0.39 is 0 Å². The first kappa shape index (κ1) is 8.47. The smallest absolute Gasteiger partial charge is 0.268 e. The summed E-state index contributed by atoms with van der Waals surface area (Å²) < 4.78 is 0. The van der Waals surface area contributed by atoms with E-state index in [4.69, 9.17) is 0 Å². The molecule has 1 atom stereocenters. The lowest BCUT2D eigenvalue weighted by atomic mass is 10.0. The number of rotatable bonds is 0. The van der Waals surface area contributed by atoms with Crippen molar-refractivity contribution in [2.24, 2.45) is 0 Å². The predicted molar refractivity (Wildman–Crippen MR) is 53.6 cm³/mol. The Kier molecular flexibility index (Phi) is 1.59. The van der Waals surface area contributed by atoms with Crippen molar-refractivity contribution in [2.45, 2.75) is 12.5 Å². The van der Waals surface area contributed by atoms with Crippen LogP contribution in [0.25, 0.3) is 0 Å². The SMILES string of the molecule is O=C1NCC(=O)N2C1=CC1=CC=CCC12. The second-order valence-corrected chi connectivity index (χ2v) is 3.82. The molecule has 76 valence electrons. The zero-order valence-electron chi connectivity index (χ0n) is 8.06. The maximum Gasteiger partial charge on any atom is 0.268 e. The van der Waals surface area contributed by atoms with Gasteiger partial charge in [-0.1, -0.05) is 18.2 Å². The van der Waals surface area contributed by atoms with E-state index in [-0.39, 0.29) is 24.4 Å². The topological polar surface area (TPSA) is 49.4 Å². The van der Waals surface area contributed by atoms with E-state index in [1.807, 2.05) is 18.2 Å². The molecule has 2 aliphatic heterocycles. The molecule has 2 heterocycles. The van der Waals surface area contributed by atoms with Crippen molar-refractivity contribution in [3.05, 3.63) is 35.6 Å². The Morgan fingerprint density at radius 1 is 1.40 bits per heavy atom. The Bertz CT molecular complexity index is 446. The molecule has 0 saturated carbocycles. The minimum absolute atomic E-state index is 0.0236. The summed E-state index contributed by atoms with van der Waals surface area (Å²) in [5.74, 6) is -0.172. The largest absolute Gasteiger partial charge is 0.342 e. The molecule has 4 heteroatoms. The monoisotopic (exact) mass is 202 g/mol. The van der Waals surface area contributed by atoms with Gasteiger partial charge in [-0.25, -0.2) is 0 Å². The van der Waals surface area contributed by atoms with Crippen LogP contribution in [-0.4, -0.2) is 29.3 Å². The van der Waals surface area contributed by atoms with Gasteiger partial charge < -0.3 is 5.32 Å². The molecular weight excluding hydrogens is 192 g/mol. The number of allylic oxidation sites excluding steroid dienone is 2. The molecule has 2 amide bonds. The molecule has 0 spiro atoms. The Morgan fingerprint density at radius 2 is 2.27 bits per heavy atom. The van der Waals surface area contributed by atoms with E-state index in [1.165, 1.54) is 0 Å². The summed E-state index contributed by atoms with van der Waals surface area (Å²) in [4.78, 5) is 24.9. The lowest BCUT2D eigenvalue weighted by molar-refractivity contribution is -0.137. The zero-order chi connectivity index (χ0) is 10.4. The summed E-state index contributed by atoms with van der Waals surface area (Å²) in [6.45, 7) is 0.115. The number of hydrogen-bond acceptors (Lipinski definition) is 2. The molecule has 0 aromatic rings. The molecular formula is C11H10N2O2. The highest BCUT2D eigenvalue weighted by atomic mass is 16.2. The molecule has 1 saturated heterocycles. The normalized spacial score (nSPS) is 28.0. The van der Waals surface area contributed by atoms with Crippen LogP contribution in [0.4, 0.5) is 0 Å². The van der Waals surface area contributed by atoms with Gasteiger partial charge in [0.25, 0.3) is 5.91 Å². The predicted octanol–water partition coefficient (Wildman–Crippen LogP) is 0.0972. The van der Waals surface area contributed by atoms with Gasteiger partial charge in [0.2, 0.25) is 5.91 Å². The molecule has 1 fully saturated rings. The molecule has 15 heavy (non-hydrogen) atoms. The molecule has 1 N–H and O–H groups in total. The lowest BCUT2D eigenvalue weighted by Gasteiger charge is -2.31. The third-order valence-corrected chi connectivity index (χ3v) is 2.94. The molecule has 0 radical (unpaired) electrons. The number of amides is 2. The summed E-state index contributed by atoms with van der Waals surface area (Å²) in [6.07, 6.45) is 8.54. The van der Waals surface area contributed by atoms with Crippen molar-refractivity contribution in [1.82, 2.24) is 10.2 Å². The summed E-state index contributed by atoms with van der Waals surface area (Å²) in [7, 11) is 0. The van der Waals surface area contributed by atoms with Gasteiger partial charge in [0, 0.05) is 0 Å². The first-order chi connectivity index (χ1) is 7.27. The van der Waals surface area contributed by atoms with Crippen molar-refractivity contribution >= 4 is 11.8 Å². The van der Waals surface area contributed by atoms with Gasteiger partial charge in [0.15, 0.2) is 0 Å². The number of nitrogens with one attached hydrogen (secondary N) is 1. The first-order valence-corrected chi connectivity index (χ1v) is 4.96. The maximum atomic E-state index is 11.7. The van der Waals surface area contributed by atoms with E-state index >= 15 is 0 Å². The van der Waals surface area contributed by atoms with Gasteiger partial charge >= 0.3 is 0 Å². The lowest BCUT2D eigenvalue weighted by Crippen LogP contribution is -2.51. The van der Waals surface area contributed by atoms with Gasteiger partial charge in [-0.15, -0.1) is 0 Å². The number of hydrogen-bond donors (Lipinski definition) is 1. The minimum atomic E-state index is -0.148. The number of fused-ring (bicyclic) bond motifs is 3. The Balaban J connectivity index is 2.07. The second-order valence-electron chi connectivity index (χ2n) is 3.82. The summed E-state index contributed by atoms with van der Waals surface area (Å²) in [6, 6.07) is 0.0450. The third-order valence-electron chi connectivity index (χ3n) is 2.94. The van der Waals surface area contributed by atoms with Crippen LogP contribution in [0, 0.1) is 0 Å². The number of carbonyl (C=O) groups excluding carboxylic acids is 2. The molecule has 1 unspecified atom stereocenters. The summed E-state index contributed by atoms with van der Waals surface area (Å²) in [5.41, 5.74) is 1.55. The van der Waals surface area contributed by atoms with Gasteiger partial charge in [0.05, 0.1) is 12.6 Å². The number of carbonyl (C=O) groups is 2. The maximum absolute atomic E-state index is 11.7. The average Bonchev–Trinajstić information content (AvgIpc) is 2.64. The van der Waals surface area contributed by atoms with Crippen LogP contribution in [0.1, 0.15) is 6.42 Å². The first-order valence-electron chi connectivity index (χ1n) is 4.96. The fraction of sp³-hybridized carbons (Fsp3) is 0.273. The van der Waals surface area contributed by atoms with Gasteiger partial charge in [-0.3, -0.25) is 14.5 Å². The van der Waals surface area contributed by atoms with E-state index in [1.54, 1.807) is 11.0 Å². The molecule has 0 aromatic heterocycles. The Hall–Kier alpha value is -1.84. The van der Waals surface area contributed by atoms with Crippen molar-refractivity contribution < 1.29 is 9.59 Å². The summed E-state index contributed by atoms with van der Waals surface area (Å²) >= 11 is 0. The van der Waals surface area contributed by atoms with E-state index in [2.05, 4.69) is 5.32 Å². The van der Waals surface area contributed by atoms with Crippen LogP contribution in [-0.2, 0) is 9.59 Å². The molecule has 0 bridgehead atoms. The highest BCUT2D eigenvalue weighted by molar-refractivity contribution is 6.04. The van der Waals surface area contributed by atoms with Crippen LogP contribution < -0.4 is 5.32 Å². The van der Waals surface area contributed by atoms with Crippen LogP contribution in [0.3, 0.4) is 0 Å². The van der Waals surface area contributed by atoms with E-state index in [0.717, 1.165) is 12.0 Å². The minimum Gasteiger partial charge on any atom is -0.342 e. The van der Waals surface area contributed by atoms with Crippen molar-refractivity contribution in [3.63, 3.8) is 0 Å².